The number of hydrogen-bond donors (Lipinski definition) is 1. The van der Waals surface area contributed by atoms with Crippen molar-refractivity contribution in [2.24, 2.45) is 0 Å². The van der Waals surface area contributed by atoms with Gasteiger partial charge in [0.2, 0.25) is 0 Å². The number of ether oxygens (including phenoxy) is 1. The summed E-state index contributed by atoms with van der Waals surface area (Å²) < 4.78 is 10.7. The van der Waals surface area contributed by atoms with Crippen LogP contribution >= 0.6 is 0 Å². The molecule has 0 bridgehead atoms. The number of hydrogen-bond acceptors (Lipinski definition) is 5. The molecule has 1 heterocycles. The van der Waals surface area contributed by atoms with Crippen LogP contribution in [0.3, 0.4) is 0 Å². The highest BCUT2D eigenvalue weighted by molar-refractivity contribution is 5.88. The molecule has 0 aliphatic rings. The van der Waals surface area contributed by atoms with Gasteiger partial charge in [-0.3, -0.25) is 0 Å². The summed E-state index contributed by atoms with van der Waals surface area (Å²) in [6.07, 6.45) is 0. The molecule has 0 saturated carbocycles. The summed E-state index contributed by atoms with van der Waals surface area (Å²) in [5.41, 5.74) is 5.34. The largest absolute Gasteiger partial charge is 0.483 e. The minimum absolute atomic E-state index is 0.0477. The minimum Gasteiger partial charge on any atom is -0.483 e. The van der Waals surface area contributed by atoms with Gasteiger partial charge in [0.15, 0.2) is 6.61 Å². The third-order valence-corrected chi connectivity index (χ3v) is 2.58. The van der Waals surface area contributed by atoms with Crippen LogP contribution < -0.4 is 10.5 Å². The van der Waals surface area contributed by atoms with E-state index in [9.17, 15) is 0 Å². The molecule has 3 rings (SSSR count). The molecule has 3 aromatic rings. The van der Waals surface area contributed by atoms with Crippen molar-refractivity contribution in [3.63, 3.8) is 0 Å². The SMILES string of the molecule is Nc1nnc(COc2cccc3ccccc23)o1. The standard InChI is InChI=1S/C13H11N3O2/c14-13-16-15-12(18-13)8-17-11-7-3-5-9-4-1-2-6-10(9)11/h1-7H,8H2,(H2,14,16). The van der Waals surface area contributed by atoms with Gasteiger partial charge in [-0.2, -0.15) is 0 Å². The summed E-state index contributed by atoms with van der Waals surface area (Å²) in [7, 11) is 0. The average Bonchev–Trinajstić information content (AvgIpc) is 2.82. The Balaban J connectivity index is 1.86. The Morgan fingerprint density at radius 3 is 2.72 bits per heavy atom. The first-order valence-corrected chi connectivity index (χ1v) is 5.51. The summed E-state index contributed by atoms with van der Waals surface area (Å²) in [4.78, 5) is 0. The van der Waals surface area contributed by atoms with Gasteiger partial charge in [0.1, 0.15) is 5.75 Å². The molecule has 0 aliphatic carbocycles. The molecule has 1 aromatic heterocycles. The van der Waals surface area contributed by atoms with E-state index in [0.717, 1.165) is 16.5 Å². The van der Waals surface area contributed by atoms with Crippen molar-refractivity contribution in [3.8, 4) is 5.75 Å². The number of aromatic nitrogens is 2. The van der Waals surface area contributed by atoms with Gasteiger partial charge in [-0.05, 0) is 11.5 Å². The van der Waals surface area contributed by atoms with E-state index in [1.54, 1.807) is 0 Å². The van der Waals surface area contributed by atoms with Crippen LogP contribution in [0.2, 0.25) is 0 Å². The molecular weight excluding hydrogens is 230 g/mol. The Bertz CT molecular complexity index is 673. The molecule has 0 spiro atoms. The van der Waals surface area contributed by atoms with Crippen molar-refractivity contribution in [1.29, 1.82) is 0 Å². The second kappa shape index (κ2) is 4.37. The zero-order valence-electron chi connectivity index (χ0n) is 9.54. The van der Waals surface area contributed by atoms with Gasteiger partial charge in [0.25, 0.3) is 5.89 Å². The number of rotatable bonds is 3. The van der Waals surface area contributed by atoms with Gasteiger partial charge in [0.05, 0.1) is 0 Å². The zero-order chi connectivity index (χ0) is 12.4. The van der Waals surface area contributed by atoms with Crippen molar-refractivity contribution in [3.05, 3.63) is 48.4 Å². The highest BCUT2D eigenvalue weighted by Gasteiger charge is 2.05. The Labute approximate surface area is 103 Å². The van der Waals surface area contributed by atoms with Crippen LogP contribution in [-0.4, -0.2) is 10.2 Å². The summed E-state index contributed by atoms with van der Waals surface area (Å²) >= 11 is 0. The van der Waals surface area contributed by atoms with Crippen LogP contribution in [0.1, 0.15) is 5.89 Å². The average molecular weight is 241 g/mol. The van der Waals surface area contributed by atoms with Crippen molar-refractivity contribution >= 4 is 16.8 Å². The van der Waals surface area contributed by atoms with Crippen LogP contribution in [0.4, 0.5) is 6.01 Å². The molecular formula is C13H11N3O2. The molecule has 2 N–H and O–H groups in total. The number of benzene rings is 2. The maximum atomic E-state index is 5.67. The van der Waals surface area contributed by atoms with Crippen molar-refractivity contribution in [2.75, 3.05) is 5.73 Å². The van der Waals surface area contributed by atoms with Crippen molar-refractivity contribution in [2.45, 2.75) is 6.61 Å². The molecule has 5 nitrogen and oxygen atoms in total. The summed E-state index contributed by atoms with van der Waals surface area (Å²) in [6.45, 7) is 0.207. The fraction of sp³-hybridized carbons (Fsp3) is 0.0769. The first-order valence-electron chi connectivity index (χ1n) is 5.51. The van der Waals surface area contributed by atoms with Gasteiger partial charge in [-0.15, -0.1) is 5.10 Å². The van der Waals surface area contributed by atoms with Gasteiger partial charge in [-0.1, -0.05) is 41.5 Å². The molecule has 0 unspecified atom stereocenters. The van der Waals surface area contributed by atoms with E-state index in [-0.39, 0.29) is 12.6 Å². The highest BCUT2D eigenvalue weighted by Crippen LogP contribution is 2.25. The summed E-state index contributed by atoms with van der Waals surface area (Å²) in [5, 5.41) is 9.49. The number of anilines is 1. The number of nitrogen functional groups attached to an aromatic ring is 1. The molecule has 5 heteroatoms. The van der Waals surface area contributed by atoms with Crippen LogP contribution in [0.25, 0.3) is 10.8 Å². The molecule has 0 fully saturated rings. The second-order valence-electron chi connectivity index (χ2n) is 3.80. The minimum atomic E-state index is 0.0477. The fourth-order valence-corrected chi connectivity index (χ4v) is 1.79. The lowest BCUT2D eigenvalue weighted by Crippen LogP contribution is -1.96. The van der Waals surface area contributed by atoms with Crippen LogP contribution in [0.15, 0.2) is 46.9 Å². The highest BCUT2D eigenvalue weighted by atomic mass is 16.5. The Morgan fingerprint density at radius 1 is 1.06 bits per heavy atom. The predicted octanol–water partition coefficient (Wildman–Crippen LogP) is 2.38. The van der Waals surface area contributed by atoms with Gasteiger partial charge in [-0.25, -0.2) is 0 Å². The van der Waals surface area contributed by atoms with E-state index in [1.165, 1.54) is 0 Å². The molecule has 18 heavy (non-hydrogen) atoms. The molecule has 0 radical (unpaired) electrons. The summed E-state index contributed by atoms with van der Waals surface area (Å²) in [5.74, 6) is 1.14. The topological polar surface area (TPSA) is 74.2 Å². The predicted molar refractivity (Wildman–Crippen MR) is 67.0 cm³/mol. The van der Waals surface area contributed by atoms with E-state index >= 15 is 0 Å². The third-order valence-electron chi connectivity index (χ3n) is 2.58. The maximum absolute atomic E-state index is 5.67. The van der Waals surface area contributed by atoms with Crippen LogP contribution in [-0.2, 0) is 6.61 Å². The molecule has 0 aliphatic heterocycles. The van der Waals surface area contributed by atoms with E-state index in [1.807, 2.05) is 42.5 Å². The van der Waals surface area contributed by atoms with E-state index in [0.29, 0.717) is 5.89 Å². The van der Waals surface area contributed by atoms with E-state index in [4.69, 9.17) is 14.9 Å². The van der Waals surface area contributed by atoms with Crippen molar-refractivity contribution in [1.82, 2.24) is 10.2 Å². The van der Waals surface area contributed by atoms with Crippen LogP contribution in [0.5, 0.6) is 5.75 Å². The molecule has 90 valence electrons. The fourth-order valence-electron chi connectivity index (χ4n) is 1.79. The smallest absolute Gasteiger partial charge is 0.312 e. The lowest BCUT2D eigenvalue weighted by atomic mass is 10.1. The van der Waals surface area contributed by atoms with Crippen LogP contribution in [0, 0.1) is 0 Å². The van der Waals surface area contributed by atoms with Crippen molar-refractivity contribution < 1.29 is 9.15 Å². The Morgan fingerprint density at radius 2 is 1.89 bits per heavy atom. The van der Waals surface area contributed by atoms with Gasteiger partial charge in [0, 0.05) is 5.39 Å². The Kier molecular flexibility index (Phi) is 2.57. The van der Waals surface area contributed by atoms with E-state index in [2.05, 4.69) is 10.2 Å². The first-order chi connectivity index (χ1) is 8.83. The number of fused-ring (bicyclic) bond motifs is 1. The molecule has 0 amide bonds. The maximum Gasteiger partial charge on any atom is 0.312 e. The lowest BCUT2D eigenvalue weighted by Gasteiger charge is -2.06. The van der Waals surface area contributed by atoms with Gasteiger partial charge < -0.3 is 14.9 Å². The first kappa shape index (κ1) is 10.6. The van der Waals surface area contributed by atoms with Gasteiger partial charge >= 0.3 is 6.01 Å². The monoisotopic (exact) mass is 241 g/mol. The molecule has 2 aromatic carbocycles. The molecule has 0 saturated heterocycles. The molecule has 0 atom stereocenters. The number of nitrogens with two attached hydrogens (primary N) is 1. The summed E-state index contributed by atoms with van der Waals surface area (Å²) in [6, 6.07) is 13.9. The lowest BCUT2D eigenvalue weighted by molar-refractivity contribution is 0.268. The normalized spacial score (nSPS) is 10.7. The quantitative estimate of drug-likeness (QED) is 0.762. The second-order valence-corrected chi connectivity index (χ2v) is 3.80. The zero-order valence-corrected chi connectivity index (χ0v) is 9.54. The number of nitrogens with zero attached hydrogens (tertiary/aromatic N) is 2. The Hall–Kier alpha value is -2.56. The third kappa shape index (κ3) is 1.98. The van der Waals surface area contributed by atoms with E-state index < -0.39 is 0 Å².